The number of hydrogen-bond acceptors (Lipinski definition) is 1. The molecule has 0 aromatic heterocycles. The van der Waals surface area contributed by atoms with Gasteiger partial charge in [0.1, 0.15) is 0 Å². The Kier molecular flexibility index (Phi) is 4.28. The van der Waals surface area contributed by atoms with Crippen LogP contribution in [0.15, 0.2) is 48.5 Å². The first-order valence-electron chi connectivity index (χ1n) is 8.10. The summed E-state index contributed by atoms with van der Waals surface area (Å²) < 4.78 is 0. The van der Waals surface area contributed by atoms with Gasteiger partial charge in [-0.05, 0) is 50.3 Å². The highest BCUT2D eigenvalue weighted by atomic mass is 16.2. The van der Waals surface area contributed by atoms with Crippen molar-refractivity contribution in [1.29, 1.82) is 0 Å². The molecule has 1 atom stereocenters. The van der Waals surface area contributed by atoms with E-state index in [1.54, 1.807) is 0 Å². The third kappa shape index (κ3) is 3.06. The Morgan fingerprint density at radius 3 is 2.64 bits per heavy atom. The molecule has 0 fully saturated rings. The van der Waals surface area contributed by atoms with Crippen LogP contribution in [-0.2, 0) is 17.6 Å². The van der Waals surface area contributed by atoms with Crippen LogP contribution in [0.4, 0.5) is 5.69 Å². The summed E-state index contributed by atoms with van der Waals surface area (Å²) in [6, 6.07) is 17.1. The van der Waals surface area contributed by atoms with E-state index in [0.717, 1.165) is 24.9 Å². The van der Waals surface area contributed by atoms with E-state index in [2.05, 4.69) is 56.3 Å². The first kappa shape index (κ1) is 14.8. The number of para-hydroxylation sites is 1. The van der Waals surface area contributed by atoms with Crippen molar-refractivity contribution in [3.63, 3.8) is 0 Å². The van der Waals surface area contributed by atoms with Crippen LogP contribution in [0.3, 0.4) is 0 Å². The van der Waals surface area contributed by atoms with Gasteiger partial charge in [-0.15, -0.1) is 0 Å². The smallest absolute Gasteiger partial charge is 0.227 e. The van der Waals surface area contributed by atoms with Crippen LogP contribution in [0.5, 0.6) is 0 Å². The number of carbonyl (C=O) groups excluding carboxylic acids is 1. The van der Waals surface area contributed by atoms with Gasteiger partial charge in [-0.25, -0.2) is 0 Å². The minimum Gasteiger partial charge on any atom is -0.309 e. The van der Waals surface area contributed by atoms with Gasteiger partial charge in [-0.1, -0.05) is 48.0 Å². The molecule has 1 unspecified atom stereocenters. The van der Waals surface area contributed by atoms with E-state index < -0.39 is 0 Å². The van der Waals surface area contributed by atoms with Gasteiger partial charge in [0.05, 0.1) is 0 Å². The quantitative estimate of drug-likeness (QED) is 0.826. The van der Waals surface area contributed by atoms with Crippen LogP contribution in [0.2, 0.25) is 0 Å². The second-order valence-corrected chi connectivity index (χ2v) is 6.27. The molecule has 2 nitrogen and oxygen atoms in total. The van der Waals surface area contributed by atoms with Crippen molar-refractivity contribution in [2.24, 2.45) is 0 Å². The number of rotatable bonds is 3. The summed E-state index contributed by atoms with van der Waals surface area (Å²) in [4.78, 5) is 14.7. The van der Waals surface area contributed by atoms with Gasteiger partial charge in [0.2, 0.25) is 5.91 Å². The van der Waals surface area contributed by atoms with Crippen molar-refractivity contribution in [2.75, 3.05) is 4.90 Å². The lowest BCUT2D eigenvalue weighted by Crippen LogP contribution is -2.42. The van der Waals surface area contributed by atoms with Crippen molar-refractivity contribution < 1.29 is 4.79 Å². The zero-order chi connectivity index (χ0) is 15.5. The molecule has 0 radical (unpaired) electrons. The van der Waals surface area contributed by atoms with Crippen LogP contribution < -0.4 is 4.90 Å². The van der Waals surface area contributed by atoms with Gasteiger partial charge in [0.25, 0.3) is 0 Å². The molecule has 1 aliphatic rings. The molecule has 2 heteroatoms. The Bertz CT molecular complexity index is 660. The maximum absolute atomic E-state index is 12.7. The Morgan fingerprint density at radius 2 is 1.86 bits per heavy atom. The van der Waals surface area contributed by atoms with Crippen LogP contribution in [0.25, 0.3) is 0 Å². The number of nitrogens with zero attached hydrogens (tertiary/aromatic N) is 1. The van der Waals surface area contributed by atoms with Crippen molar-refractivity contribution in [1.82, 2.24) is 0 Å². The third-order valence-corrected chi connectivity index (χ3v) is 4.54. The largest absolute Gasteiger partial charge is 0.309 e. The first-order chi connectivity index (χ1) is 10.6. The summed E-state index contributed by atoms with van der Waals surface area (Å²) in [6.45, 7) is 4.24. The average Bonchev–Trinajstić information content (AvgIpc) is 2.54. The van der Waals surface area contributed by atoms with Crippen LogP contribution in [0.1, 0.15) is 36.5 Å². The number of fused-ring (bicyclic) bond motifs is 1. The average molecular weight is 293 g/mol. The predicted molar refractivity (Wildman–Crippen MR) is 91.2 cm³/mol. The normalized spacial score (nSPS) is 17.2. The van der Waals surface area contributed by atoms with Crippen LogP contribution in [-0.4, -0.2) is 11.9 Å². The molecule has 0 aliphatic carbocycles. The molecule has 1 aliphatic heterocycles. The number of amides is 1. The Labute approximate surface area is 132 Å². The summed E-state index contributed by atoms with van der Waals surface area (Å²) in [5, 5.41) is 0. The van der Waals surface area contributed by atoms with E-state index in [4.69, 9.17) is 0 Å². The highest BCUT2D eigenvalue weighted by molar-refractivity contribution is 5.95. The fourth-order valence-electron chi connectivity index (χ4n) is 3.19. The molecule has 22 heavy (non-hydrogen) atoms. The summed E-state index contributed by atoms with van der Waals surface area (Å²) >= 11 is 0. The molecule has 114 valence electrons. The van der Waals surface area contributed by atoms with Crippen LogP contribution >= 0.6 is 0 Å². The number of benzene rings is 2. The predicted octanol–water partition coefficient (Wildman–Crippen LogP) is 4.30. The van der Waals surface area contributed by atoms with E-state index in [-0.39, 0.29) is 5.91 Å². The molecule has 0 spiro atoms. The zero-order valence-corrected chi connectivity index (χ0v) is 13.4. The SMILES string of the molecule is Cc1ccc(CCC(=O)N2c3ccccc3CCC2C)cc1. The van der Waals surface area contributed by atoms with E-state index in [9.17, 15) is 4.79 Å². The summed E-state index contributed by atoms with van der Waals surface area (Å²) in [7, 11) is 0. The maximum Gasteiger partial charge on any atom is 0.227 e. The second-order valence-electron chi connectivity index (χ2n) is 6.27. The van der Waals surface area contributed by atoms with Crippen LogP contribution in [0, 0.1) is 6.92 Å². The summed E-state index contributed by atoms with van der Waals surface area (Å²) in [6.07, 6.45) is 3.50. The standard InChI is InChI=1S/C20H23NO/c1-15-7-10-17(11-8-15)12-14-20(22)21-16(2)9-13-18-5-3-4-6-19(18)21/h3-8,10-11,16H,9,12-14H2,1-2H3. The molecule has 1 heterocycles. The Balaban J connectivity index is 1.73. The molecule has 0 bridgehead atoms. The topological polar surface area (TPSA) is 20.3 Å². The van der Waals surface area contributed by atoms with E-state index in [0.29, 0.717) is 12.5 Å². The van der Waals surface area contributed by atoms with Crippen molar-refractivity contribution in [2.45, 2.75) is 45.6 Å². The van der Waals surface area contributed by atoms with E-state index in [1.165, 1.54) is 16.7 Å². The minimum atomic E-state index is 0.236. The van der Waals surface area contributed by atoms with E-state index >= 15 is 0 Å². The number of aryl methyl sites for hydroxylation is 3. The molecular formula is C20H23NO. The summed E-state index contributed by atoms with van der Waals surface area (Å²) in [5.74, 6) is 0.236. The van der Waals surface area contributed by atoms with Gasteiger partial charge in [0, 0.05) is 18.2 Å². The van der Waals surface area contributed by atoms with Gasteiger partial charge >= 0.3 is 0 Å². The van der Waals surface area contributed by atoms with Crippen molar-refractivity contribution in [3.05, 3.63) is 65.2 Å². The summed E-state index contributed by atoms with van der Waals surface area (Å²) in [5.41, 5.74) is 4.89. The number of carbonyl (C=O) groups is 1. The van der Waals surface area contributed by atoms with Gasteiger partial charge < -0.3 is 4.90 Å². The number of hydrogen-bond donors (Lipinski definition) is 0. The highest BCUT2D eigenvalue weighted by Gasteiger charge is 2.27. The fourth-order valence-corrected chi connectivity index (χ4v) is 3.19. The molecule has 1 amide bonds. The zero-order valence-electron chi connectivity index (χ0n) is 13.4. The lowest BCUT2D eigenvalue weighted by molar-refractivity contribution is -0.119. The highest BCUT2D eigenvalue weighted by Crippen LogP contribution is 2.31. The molecule has 0 saturated heterocycles. The van der Waals surface area contributed by atoms with Crippen molar-refractivity contribution in [3.8, 4) is 0 Å². The Hall–Kier alpha value is -2.09. The lowest BCUT2D eigenvalue weighted by atomic mass is 9.96. The first-order valence-corrected chi connectivity index (χ1v) is 8.10. The maximum atomic E-state index is 12.7. The van der Waals surface area contributed by atoms with Crippen molar-refractivity contribution >= 4 is 11.6 Å². The monoisotopic (exact) mass is 293 g/mol. The molecule has 0 N–H and O–H groups in total. The number of anilines is 1. The lowest BCUT2D eigenvalue weighted by Gasteiger charge is -2.35. The second kappa shape index (κ2) is 6.35. The third-order valence-electron chi connectivity index (χ3n) is 4.54. The minimum absolute atomic E-state index is 0.236. The molecule has 0 saturated carbocycles. The molecule has 2 aromatic carbocycles. The fraction of sp³-hybridized carbons (Fsp3) is 0.350. The molecule has 3 rings (SSSR count). The van der Waals surface area contributed by atoms with Gasteiger partial charge in [-0.2, -0.15) is 0 Å². The molecule has 2 aromatic rings. The van der Waals surface area contributed by atoms with E-state index in [1.807, 2.05) is 11.0 Å². The van der Waals surface area contributed by atoms with Gasteiger partial charge in [0.15, 0.2) is 0 Å². The Morgan fingerprint density at radius 1 is 1.14 bits per heavy atom. The molecular weight excluding hydrogens is 270 g/mol. The van der Waals surface area contributed by atoms with Gasteiger partial charge in [-0.3, -0.25) is 4.79 Å².